The van der Waals surface area contributed by atoms with Crippen molar-refractivity contribution in [3.8, 4) is 5.75 Å². The number of nitrogens with zero attached hydrogens (tertiary/aromatic N) is 1. The molecule has 9 heteroatoms. The third-order valence-corrected chi connectivity index (χ3v) is 5.85. The molecule has 1 heterocycles. The summed E-state index contributed by atoms with van der Waals surface area (Å²) in [6.07, 6.45) is 0. The lowest BCUT2D eigenvalue weighted by molar-refractivity contribution is 0.385. The van der Waals surface area contributed by atoms with Gasteiger partial charge in [-0.25, -0.2) is 12.8 Å². The first-order chi connectivity index (χ1) is 11.3. The first-order valence-electron chi connectivity index (χ1n) is 6.78. The van der Waals surface area contributed by atoms with Crippen LogP contribution in [0, 0.1) is 5.82 Å². The predicted molar refractivity (Wildman–Crippen MR) is 90.8 cm³/mol. The van der Waals surface area contributed by atoms with Gasteiger partial charge in [0.15, 0.2) is 11.6 Å². The number of aryl methyl sites for hydroxylation is 1. The molecule has 0 saturated heterocycles. The fourth-order valence-corrected chi connectivity index (χ4v) is 4.21. The second kappa shape index (κ2) is 5.91. The SMILES string of the molecule is COc1ccc(S(=O)(=O)Nc2ccc3c(c2)sc(=O)n3C)cc1F. The first-order valence-corrected chi connectivity index (χ1v) is 9.08. The van der Waals surface area contributed by atoms with Gasteiger partial charge in [-0.2, -0.15) is 0 Å². The Morgan fingerprint density at radius 1 is 1.21 bits per heavy atom. The Balaban J connectivity index is 1.97. The third-order valence-electron chi connectivity index (χ3n) is 3.48. The summed E-state index contributed by atoms with van der Waals surface area (Å²) in [6.45, 7) is 0. The van der Waals surface area contributed by atoms with Gasteiger partial charge < -0.3 is 9.30 Å². The smallest absolute Gasteiger partial charge is 0.307 e. The highest BCUT2D eigenvalue weighted by atomic mass is 32.2. The minimum absolute atomic E-state index is 0.0376. The Morgan fingerprint density at radius 3 is 2.62 bits per heavy atom. The fraction of sp³-hybridized carbons (Fsp3) is 0.133. The number of halogens is 1. The Kier molecular flexibility index (Phi) is 4.06. The number of ether oxygens (including phenoxy) is 1. The molecule has 126 valence electrons. The van der Waals surface area contributed by atoms with Gasteiger partial charge in [-0.15, -0.1) is 0 Å². The maximum atomic E-state index is 13.7. The molecule has 0 fully saturated rings. The maximum Gasteiger partial charge on any atom is 0.307 e. The van der Waals surface area contributed by atoms with Crippen LogP contribution in [0.15, 0.2) is 46.1 Å². The minimum atomic E-state index is -3.96. The van der Waals surface area contributed by atoms with E-state index >= 15 is 0 Å². The van der Waals surface area contributed by atoms with Crippen molar-refractivity contribution in [3.63, 3.8) is 0 Å². The topological polar surface area (TPSA) is 77.4 Å². The Morgan fingerprint density at radius 2 is 1.96 bits per heavy atom. The van der Waals surface area contributed by atoms with E-state index in [0.717, 1.165) is 17.4 Å². The molecular formula is C15H13FN2O4S2. The van der Waals surface area contributed by atoms with Crippen LogP contribution in [-0.2, 0) is 17.1 Å². The number of anilines is 1. The zero-order valence-electron chi connectivity index (χ0n) is 12.7. The number of nitrogens with one attached hydrogen (secondary N) is 1. The molecule has 3 aromatic rings. The Labute approximate surface area is 141 Å². The van der Waals surface area contributed by atoms with Gasteiger partial charge in [-0.3, -0.25) is 9.52 Å². The van der Waals surface area contributed by atoms with E-state index in [1.54, 1.807) is 25.2 Å². The first kappa shape index (κ1) is 16.5. The number of aromatic nitrogens is 1. The molecule has 3 rings (SSSR count). The number of fused-ring (bicyclic) bond motifs is 1. The van der Waals surface area contributed by atoms with Crippen LogP contribution in [0.5, 0.6) is 5.75 Å². The molecule has 0 aliphatic carbocycles. The lowest BCUT2D eigenvalue weighted by Crippen LogP contribution is -2.13. The van der Waals surface area contributed by atoms with Crippen LogP contribution in [0.2, 0.25) is 0 Å². The maximum absolute atomic E-state index is 13.7. The molecule has 0 spiro atoms. The van der Waals surface area contributed by atoms with Gasteiger partial charge in [0.2, 0.25) is 0 Å². The molecule has 0 unspecified atom stereocenters. The molecule has 0 radical (unpaired) electrons. The largest absolute Gasteiger partial charge is 0.494 e. The number of hydrogen-bond donors (Lipinski definition) is 1. The van der Waals surface area contributed by atoms with Crippen molar-refractivity contribution < 1.29 is 17.5 Å². The van der Waals surface area contributed by atoms with Crippen LogP contribution < -0.4 is 14.3 Å². The molecule has 24 heavy (non-hydrogen) atoms. The molecule has 1 N–H and O–H groups in total. The number of sulfonamides is 1. The number of hydrogen-bond acceptors (Lipinski definition) is 5. The summed E-state index contributed by atoms with van der Waals surface area (Å²) in [5.74, 6) is -0.804. The Bertz CT molecular complexity index is 1090. The van der Waals surface area contributed by atoms with Crippen LogP contribution in [-0.4, -0.2) is 20.1 Å². The van der Waals surface area contributed by atoms with E-state index in [0.29, 0.717) is 15.9 Å². The molecule has 0 aliphatic rings. The van der Waals surface area contributed by atoms with Crippen molar-refractivity contribution in [3.05, 3.63) is 51.9 Å². The monoisotopic (exact) mass is 368 g/mol. The van der Waals surface area contributed by atoms with E-state index in [1.807, 2.05) is 0 Å². The summed E-state index contributed by atoms with van der Waals surface area (Å²) in [5, 5.41) is 0. The number of methoxy groups -OCH3 is 1. The molecule has 0 amide bonds. The van der Waals surface area contributed by atoms with E-state index in [9.17, 15) is 17.6 Å². The second-order valence-electron chi connectivity index (χ2n) is 5.01. The highest BCUT2D eigenvalue weighted by molar-refractivity contribution is 7.92. The molecule has 0 bridgehead atoms. The van der Waals surface area contributed by atoms with E-state index < -0.39 is 15.8 Å². The molecule has 0 atom stereocenters. The van der Waals surface area contributed by atoms with Crippen molar-refractivity contribution in [2.75, 3.05) is 11.8 Å². The average Bonchev–Trinajstić information content (AvgIpc) is 2.81. The summed E-state index contributed by atoms with van der Waals surface area (Å²) >= 11 is 1.02. The minimum Gasteiger partial charge on any atom is -0.494 e. The van der Waals surface area contributed by atoms with Gasteiger partial charge in [0, 0.05) is 7.05 Å². The van der Waals surface area contributed by atoms with Crippen molar-refractivity contribution in [2.45, 2.75) is 4.90 Å². The van der Waals surface area contributed by atoms with Crippen molar-refractivity contribution in [1.82, 2.24) is 4.57 Å². The van der Waals surface area contributed by atoms with E-state index in [1.165, 1.54) is 23.8 Å². The van der Waals surface area contributed by atoms with Gasteiger partial charge in [0.1, 0.15) is 0 Å². The van der Waals surface area contributed by atoms with E-state index in [-0.39, 0.29) is 15.5 Å². The summed E-state index contributed by atoms with van der Waals surface area (Å²) in [5.41, 5.74) is 1.00. The van der Waals surface area contributed by atoms with Crippen molar-refractivity contribution >= 4 is 37.3 Å². The van der Waals surface area contributed by atoms with Crippen LogP contribution in [0.3, 0.4) is 0 Å². The molecule has 0 saturated carbocycles. The number of thiazole rings is 1. The van der Waals surface area contributed by atoms with E-state index in [4.69, 9.17) is 4.74 Å². The average molecular weight is 368 g/mol. The summed E-state index contributed by atoms with van der Waals surface area (Å²) in [4.78, 5) is 11.3. The van der Waals surface area contributed by atoms with Crippen molar-refractivity contribution in [1.29, 1.82) is 0 Å². The summed E-state index contributed by atoms with van der Waals surface area (Å²) in [6, 6.07) is 8.16. The Hall–Kier alpha value is -2.39. The third kappa shape index (κ3) is 2.87. The zero-order valence-corrected chi connectivity index (χ0v) is 14.4. The molecule has 0 aliphatic heterocycles. The molecule has 6 nitrogen and oxygen atoms in total. The highest BCUT2D eigenvalue weighted by Crippen LogP contribution is 2.25. The van der Waals surface area contributed by atoms with Gasteiger partial charge in [-0.1, -0.05) is 11.3 Å². The molecule has 1 aromatic heterocycles. The molecular weight excluding hydrogens is 355 g/mol. The normalized spacial score (nSPS) is 11.6. The standard InChI is InChI=1S/C15H13FN2O4S2/c1-18-12-5-3-9(7-14(12)23-15(18)19)17-24(20,21)10-4-6-13(22-2)11(16)8-10/h3-8,17H,1-2H3. The highest BCUT2D eigenvalue weighted by Gasteiger charge is 2.17. The van der Waals surface area contributed by atoms with Gasteiger partial charge in [0.25, 0.3) is 10.0 Å². The van der Waals surface area contributed by atoms with Crippen LogP contribution in [0.25, 0.3) is 10.2 Å². The number of benzene rings is 2. The van der Waals surface area contributed by atoms with Gasteiger partial charge in [0.05, 0.1) is 27.9 Å². The van der Waals surface area contributed by atoms with Crippen LogP contribution in [0.4, 0.5) is 10.1 Å². The second-order valence-corrected chi connectivity index (χ2v) is 7.69. The summed E-state index contributed by atoms with van der Waals surface area (Å²) < 4.78 is 47.8. The quantitative estimate of drug-likeness (QED) is 0.768. The zero-order chi connectivity index (χ0) is 17.5. The molecule has 2 aromatic carbocycles. The number of rotatable bonds is 4. The van der Waals surface area contributed by atoms with Gasteiger partial charge in [-0.05, 0) is 36.4 Å². The lowest BCUT2D eigenvalue weighted by Gasteiger charge is -2.09. The van der Waals surface area contributed by atoms with Crippen LogP contribution >= 0.6 is 11.3 Å². The van der Waals surface area contributed by atoms with Gasteiger partial charge >= 0.3 is 4.87 Å². The van der Waals surface area contributed by atoms with Crippen LogP contribution in [0.1, 0.15) is 0 Å². The fourth-order valence-electron chi connectivity index (χ4n) is 2.23. The summed E-state index contributed by atoms with van der Waals surface area (Å²) in [7, 11) is -1.02. The lowest BCUT2D eigenvalue weighted by atomic mass is 10.3. The van der Waals surface area contributed by atoms with E-state index in [2.05, 4.69) is 4.72 Å². The van der Waals surface area contributed by atoms with Crippen molar-refractivity contribution in [2.24, 2.45) is 7.05 Å². The predicted octanol–water partition coefficient (Wildman–Crippen LogP) is 2.55.